The molecule has 1 heterocycles. The molecule has 53 valence electrons. The van der Waals surface area contributed by atoms with Gasteiger partial charge in [0.1, 0.15) is 0 Å². The van der Waals surface area contributed by atoms with Crippen LogP contribution in [0.2, 0.25) is 0 Å². The zero-order valence-electron chi connectivity index (χ0n) is 5.22. The van der Waals surface area contributed by atoms with Crippen molar-refractivity contribution in [2.45, 2.75) is 12.8 Å². The van der Waals surface area contributed by atoms with E-state index in [4.69, 9.17) is 0 Å². The third kappa shape index (κ3) is 2.09. The molecule has 0 saturated carbocycles. The van der Waals surface area contributed by atoms with Crippen molar-refractivity contribution in [3.05, 3.63) is 30.1 Å². The Kier molecular flexibility index (Phi) is 2.31. The summed E-state index contributed by atoms with van der Waals surface area (Å²) in [7, 11) is 0. The number of rotatable bonds is 2. The summed E-state index contributed by atoms with van der Waals surface area (Å²) in [6.45, 7) is 0. The highest BCUT2D eigenvalue weighted by Crippen LogP contribution is 2.02. The van der Waals surface area contributed by atoms with Gasteiger partial charge in [-0.1, -0.05) is 6.07 Å². The van der Waals surface area contributed by atoms with Gasteiger partial charge >= 0.3 is 0 Å². The number of hydrogen-bond donors (Lipinski definition) is 0. The molecule has 1 aromatic heterocycles. The van der Waals surface area contributed by atoms with E-state index < -0.39 is 6.43 Å². The van der Waals surface area contributed by atoms with E-state index >= 15 is 0 Å². The Hall–Kier alpha value is -0.990. The summed E-state index contributed by atoms with van der Waals surface area (Å²) in [4.78, 5) is 3.61. The zero-order chi connectivity index (χ0) is 7.40. The quantitative estimate of drug-likeness (QED) is 0.612. The number of alkyl halides is 2. The first-order valence-corrected chi connectivity index (χ1v) is 2.89. The van der Waals surface area contributed by atoms with Gasteiger partial charge in [0, 0.05) is 5.69 Å². The normalized spacial score (nSPS) is 10.3. The predicted octanol–water partition coefficient (Wildman–Crippen LogP) is 1.69. The van der Waals surface area contributed by atoms with Gasteiger partial charge in [0.2, 0.25) is 6.43 Å². The van der Waals surface area contributed by atoms with Gasteiger partial charge < -0.3 is 0 Å². The maximum Gasteiger partial charge on any atom is 0.244 e. The van der Waals surface area contributed by atoms with Crippen molar-refractivity contribution in [3.8, 4) is 0 Å². The third-order valence-corrected chi connectivity index (χ3v) is 1.03. The molecular formula is C7H6F2N. The Morgan fingerprint density at radius 2 is 2.40 bits per heavy atom. The summed E-state index contributed by atoms with van der Waals surface area (Å²) in [5.74, 6) is 0. The van der Waals surface area contributed by atoms with Crippen LogP contribution < -0.4 is 0 Å². The molecule has 0 aliphatic carbocycles. The molecule has 0 amide bonds. The zero-order valence-corrected chi connectivity index (χ0v) is 5.22. The smallest absolute Gasteiger partial charge is 0.244 e. The standard InChI is InChI=1S/C7H6F2N/c8-7(9)5-6-3-1-2-4-10-6/h1-3,7H,5H2. The minimum Gasteiger partial charge on any atom is -0.251 e. The maximum atomic E-state index is 11.7. The molecule has 1 radical (unpaired) electrons. The van der Waals surface area contributed by atoms with Crippen LogP contribution in [-0.4, -0.2) is 11.4 Å². The SMILES string of the molecule is FC(F)Cc1ccc[c]n1. The molecule has 1 rings (SSSR count). The lowest BCUT2D eigenvalue weighted by atomic mass is 10.3. The summed E-state index contributed by atoms with van der Waals surface area (Å²) < 4.78 is 23.3. The van der Waals surface area contributed by atoms with Crippen LogP contribution in [0.15, 0.2) is 18.2 Å². The fraction of sp³-hybridized carbons (Fsp3) is 0.286. The van der Waals surface area contributed by atoms with Crippen molar-refractivity contribution in [1.29, 1.82) is 0 Å². The van der Waals surface area contributed by atoms with Gasteiger partial charge in [-0.3, -0.25) is 4.98 Å². The van der Waals surface area contributed by atoms with Gasteiger partial charge in [0.05, 0.1) is 12.6 Å². The van der Waals surface area contributed by atoms with Gasteiger partial charge in [-0.15, -0.1) is 0 Å². The molecule has 0 aromatic carbocycles. The number of aromatic nitrogens is 1. The molecule has 0 fully saturated rings. The molecule has 0 spiro atoms. The number of hydrogen-bond acceptors (Lipinski definition) is 1. The molecule has 0 N–H and O–H groups in total. The summed E-state index contributed by atoms with van der Waals surface area (Å²) in [6, 6.07) is 4.78. The third-order valence-electron chi connectivity index (χ3n) is 1.03. The lowest BCUT2D eigenvalue weighted by Crippen LogP contribution is -1.98. The van der Waals surface area contributed by atoms with Crippen LogP contribution >= 0.6 is 0 Å². The van der Waals surface area contributed by atoms with E-state index in [0.717, 1.165) is 0 Å². The molecule has 0 atom stereocenters. The summed E-state index contributed by atoms with van der Waals surface area (Å²) >= 11 is 0. The largest absolute Gasteiger partial charge is 0.251 e. The first kappa shape index (κ1) is 7.12. The second kappa shape index (κ2) is 3.25. The van der Waals surface area contributed by atoms with Crippen LogP contribution in [0, 0.1) is 6.20 Å². The first-order valence-electron chi connectivity index (χ1n) is 2.89. The molecule has 0 saturated heterocycles. The minimum absolute atomic E-state index is 0.280. The minimum atomic E-state index is -2.32. The average Bonchev–Trinajstić information content (AvgIpc) is 1.88. The van der Waals surface area contributed by atoms with Crippen molar-refractivity contribution in [3.63, 3.8) is 0 Å². The fourth-order valence-corrected chi connectivity index (χ4v) is 0.631. The van der Waals surface area contributed by atoms with Crippen LogP contribution in [0.25, 0.3) is 0 Å². The monoisotopic (exact) mass is 142 g/mol. The molecule has 0 unspecified atom stereocenters. The highest BCUT2D eigenvalue weighted by Gasteiger charge is 2.03. The Balaban J connectivity index is 2.59. The van der Waals surface area contributed by atoms with Crippen LogP contribution in [0.5, 0.6) is 0 Å². The maximum absolute atomic E-state index is 11.7. The van der Waals surface area contributed by atoms with Crippen LogP contribution in [0.4, 0.5) is 8.78 Å². The summed E-state index contributed by atoms with van der Waals surface area (Å²) in [5, 5.41) is 0. The van der Waals surface area contributed by atoms with E-state index in [2.05, 4.69) is 11.2 Å². The van der Waals surface area contributed by atoms with Gasteiger partial charge in [0.25, 0.3) is 0 Å². The van der Waals surface area contributed by atoms with Crippen LogP contribution in [0.3, 0.4) is 0 Å². The van der Waals surface area contributed by atoms with E-state index in [1.807, 2.05) is 0 Å². The van der Waals surface area contributed by atoms with E-state index in [9.17, 15) is 8.78 Å². The number of halogens is 2. The number of pyridine rings is 1. The second-order valence-corrected chi connectivity index (χ2v) is 1.85. The van der Waals surface area contributed by atoms with Crippen molar-refractivity contribution in [2.75, 3.05) is 0 Å². The molecule has 0 aliphatic heterocycles. The van der Waals surface area contributed by atoms with Crippen molar-refractivity contribution < 1.29 is 8.78 Å². The second-order valence-electron chi connectivity index (χ2n) is 1.85. The number of nitrogens with zero attached hydrogens (tertiary/aromatic N) is 1. The topological polar surface area (TPSA) is 12.9 Å². The summed E-state index contributed by atoms with van der Waals surface area (Å²) in [5.41, 5.74) is 0.387. The molecule has 3 heteroatoms. The Morgan fingerprint density at radius 1 is 1.60 bits per heavy atom. The Labute approximate surface area is 57.7 Å². The van der Waals surface area contributed by atoms with Crippen molar-refractivity contribution >= 4 is 0 Å². The molecule has 0 bridgehead atoms. The predicted molar refractivity (Wildman–Crippen MR) is 32.8 cm³/mol. The first-order chi connectivity index (χ1) is 4.79. The van der Waals surface area contributed by atoms with Gasteiger partial charge in [-0.2, -0.15) is 0 Å². The Morgan fingerprint density at radius 3 is 2.90 bits per heavy atom. The molecule has 1 aromatic rings. The highest BCUT2D eigenvalue weighted by atomic mass is 19.3. The molecule has 0 aliphatic rings. The lowest BCUT2D eigenvalue weighted by Gasteiger charge is -1.95. The highest BCUT2D eigenvalue weighted by molar-refractivity contribution is 5.02. The molecular weight excluding hydrogens is 136 g/mol. The van der Waals surface area contributed by atoms with E-state index in [1.165, 1.54) is 0 Å². The van der Waals surface area contributed by atoms with Gasteiger partial charge in [-0.25, -0.2) is 8.78 Å². The average molecular weight is 142 g/mol. The summed E-state index contributed by atoms with van der Waals surface area (Å²) in [6.07, 6.45) is -0.114. The van der Waals surface area contributed by atoms with Gasteiger partial charge in [0.15, 0.2) is 0 Å². The van der Waals surface area contributed by atoms with E-state index in [0.29, 0.717) is 5.69 Å². The van der Waals surface area contributed by atoms with Crippen molar-refractivity contribution in [2.24, 2.45) is 0 Å². The van der Waals surface area contributed by atoms with E-state index in [-0.39, 0.29) is 6.42 Å². The molecule has 10 heavy (non-hydrogen) atoms. The fourth-order valence-electron chi connectivity index (χ4n) is 0.631. The van der Waals surface area contributed by atoms with Crippen LogP contribution in [-0.2, 0) is 6.42 Å². The molecule has 1 nitrogen and oxygen atoms in total. The Bertz CT molecular complexity index is 186. The van der Waals surface area contributed by atoms with Gasteiger partial charge in [-0.05, 0) is 12.1 Å². The van der Waals surface area contributed by atoms with Crippen LogP contribution in [0.1, 0.15) is 5.69 Å². The lowest BCUT2D eigenvalue weighted by molar-refractivity contribution is 0.148. The van der Waals surface area contributed by atoms with Crippen molar-refractivity contribution in [1.82, 2.24) is 4.98 Å². The van der Waals surface area contributed by atoms with E-state index in [1.54, 1.807) is 18.2 Å².